The van der Waals surface area contributed by atoms with Crippen LogP contribution in [0.2, 0.25) is 0 Å². The molecule has 0 aliphatic carbocycles. The van der Waals surface area contributed by atoms with E-state index in [4.69, 9.17) is 0 Å². The zero-order valence-electron chi connectivity index (χ0n) is 16.8. The van der Waals surface area contributed by atoms with Gasteiger partial charge in [0.05, 0.1) is 11.1 Å². The van der Waals surface area contributed by atoms with Crippen molar-refractivity contribution in [3.05, 3.63) is 35.4 Å². The number of carbonyl (C=O) groups is 4. The third kappa shape index (κ3) is 3.66. The second-order valence-electron chi connectivity index (χ2n) is 8.52. The summed E-state index contributed by atoms with van der Waals surface area (Å²) in [5.41, 5.74) is 0.235. The lowest BCUT2D eigenvalue weighted by Gasteiger charge is -2.36. The van der Waals surface area contributed by atoms with Crippen molar-refractivity contribution in [3.8, 4) is 0 Å². The molecular formula is C21H27N3O4. The van der Waals surface area contributed by atoms with E-state index < -0.39 is 23.3 Å². The molecule has 0 spiro atoms. The molecule has 2 aliphatic heterocycles. The molecule has 150 valence electrons. The molecule has 1 unspecified atom stereocenters. The second-order valence-corrected chi connectivity index (χ2v) is 8.52. The van der Waals surface area contributed by atoms with Gasteiger partial charge in [0.15, 0.2) is 0 Å². The maximum Gasteiger partial charge on any atom is 0.262 e. The number of nitrogens with zero attached hydrogens (tertiary/aromatic N) is 2. The fraction of sp³-hybridized carbons (Fsp3) is 0.524. The maximum absolute atomic E-state index is 12.9. The molecule has 28 heavy (non-hydrogen) atoms. The summed E-state index contributed by atoms with van der Waals surface area (Å²) in [5.74, 6) is -1.09. The molecule has 0 bridgehead atoms. The summed E-state index contributed by atoms with van der Waals surface area (Å²) in [7, 11) is 0. The van der Waals surface area contributed by atoms with E-state index in [1.807, 2.05) is 20.8 Å². The fourth-order valence-corrected chi connectivity index (χ4v) is 3.58. The smallest absolute Gasteiger partial charge is 0.262 e. The highest BCUT2D eigenvalue weighted by atomic mass is 16.2. The fourth-order valence-electron chi connectivity index (χ4n) is 3.58. The summed E-state index contributed by atoms with van der Waals surface area (Å²) in [6, 6.07) is 5.80. The van der Waals surface area contributed by atoms with Crippen LogP contribution in [0.25, 0.3) is 0 Å². The minimum Gasteiger partial charge on any atom is -0.353 e. The quantitative estimate of drug-likeness (QED) is 0.804. The van der Waals surface area contributed by atoms with Gasteiger partial charge in [0.25, 0.3) is 11.8 Å². The Morgan fingerprint density at radius 2 is 1.54 bits per heavy atom. The minimum atomic E-state index is -0.854. The molecule has 4 amide bonds. The SMILES string of the molecule is CC(C(=O)N1CCC(NC(=O)C(C)(C)C)CC1)N1C(=O)c2ccccc2C1=O. The van der Waals surface area contributed by atoms with Gasteiger partial charge in [0, 0.05) is 24.5 Å². The molecule has 7 heteroatoms. The van der Waals surface area contributed by atoms with Gasteiger partial charge in [-0.15, -0.1) is 0 Å². The number of imide groups is 1. The van der Waals surface area contributed by atoms with Gasteiger partial charge in [-0.25, -0.2) is 0 Å². The molecule has 1 aromatic carbocycles. The predicted octanol–water partition coefficient (Wildman–Crippen LogP) is 1.82. The van der Waals surface area contributed by atoms with Crippen molar-refractivity contribution in [1.29, 1.82) is 0 Å². The first-order chi connectivity index (χ1) is 13.1. The van der Waals surface area contributed by atoms with E-state index in [0.29, 0.717) is 37.1 Å². The molecule has 2 aliphatic rings. The van der Waals surface area contributed by atoms with Crippen molar-refractivity contribution in [1.82, 2.24) is 15.1 Å². The van der Waals surface area contributed by atoms with Gasteiger partial charge in [0.1, 0.15) is 6.04 Å². The van der Waals surface area contributed by atoms with E-state index in [-0.39, 0.29) is 17.9 Å². The Labute approximate surface area is 165 Å². The number of piperidine rings is 1. The van der Waals surface area contributed by atoms with Gasteiger partial charge in [-0.1, -0.05) is 32.9 Å². The van der Waals surface area contributed by atoms with Crippen LogP contribution in [0.4, 0.5) is 0 Å². The van der Waals surface area contributed by atoms with Crippen LogP contribution in [0.5, 0.6) is 0 Å². The Balaban J connectivity index is 1.61. The van der Waals surface area contributed by atoms with Crippen molar-refractivity contribution in [2.75, 3.05) is 13.1 Å². The number of nitrogens with one attached hydrogen (secondary N) is 1. The molecular weight excluding hydrogens is 358 g/mol. The van der Waals surface area contributed by atoms with Crippen molar-refractivity contribution in [2.45, 2.75) is 52.6 Å². The highest BCUT2D eigenvalue weighted by Gasteiger charge is 2.42. The van der Waals surface area contributed by atoms with E-state index in [9.17, 15) is 19.2 Å². The molecule has 1 N–H and O–H groups in total. The number of amides is 4. The Morgan fingerprint density at radius 3 is 2.00 bits per heavy atom. The van der Waals surface area contributed by atoms with Gasteiger partial charge >= 0.3 is 0 Å². The molecule has 1 aromatic rings. The first-order valence-corrected chi connectivity index (χ1v) is 9.68. The molecule has 3 rings (SSSR count). The Bertz CT molecular complexity index is 784. The van der Waals surface area contributed by atoms with Gasteiger partial charge in [-0.3, -0.25) is 24.1 Å². The largest absolute Gasteiger partial charge is 0.353 e. The summed E-state index contributed by atoms with van der Waals surface area (Å²) < 4.78 is 0. The van der Waals surface area contributed by atoms with E-state index in [2.05, 4.69) is 5.32 Å². The first-order valence-electron chi connectivity index (χ1n) is 9.68. The van der Waals surface area contributed by atoms with Gasteiger partial charge in [-0.05, 0) is 31.9 Å². The van der Waals surface area contributed by atoms with Crippen LogP contribution in [0.1, 0.15) is 61.3 Å². The van der Waals surface area contributed by atoms with Crippen LogP contribution >= 0.6 is 0 Å². The van der Waals surface area contributed by atoms with Crippen LogP contribution in [0.15, 0.2) is 24.3 Å². The normalized spacial score (nSPS) is 18.9. The summed E-state index contributed by atoms with van der Waals surface area (Å²) >= 11 is 0. The molecule has 7 nitrogen and oxygen atoms in total. The zero-order chi connectivity index (χ0) is 20.6. The summed E-state index contributed by atoms with van der Waals surface area (Å²) in [4.78, 5) is 53.0. The summed E-state index contributed by atoms with van der Waals surface area (Å²) in [6.07, 6.45) is 1.31. The van der Waals surface area contributed by atoms with Crippen molar-refractivity contribution >= 4 is 23.6 Å². The number of carbonyl (C=O) groups excluding carboxylic acids is 4. The zero-order valence-corrected chi connectivity index (χ0v) is 16.8. The van der Waals surface area contributed by atoms with Gasteiger partial charge in [-0.2, -0.15) is 0 Å². The van der Waals surface area contributed by atoms with E-state index in [1.165, 1.54) is 0 Å². The van der Waals surface area contributed by atoms with Gasteiger partial charge in [0.2, 0.25) is 11.8 Å². The highest BCUT2D eigenvalue weighted by Crippen LogP contribution is 2.26. The number of hydrogen-bond donors (Lipinski definition) is 1. The van der Waals surface area contributed by atoms with Crippen molar-refractivity contribution < 1.29 is 19.2 Å². The van der Waals surface area contributed by atoms with Crippen LogP contribution in [-0.4, -0.2) is 58.6 Å². The van der Waals surface area contributed by atoms with Crippen LogP contribution in [-0.2, 0) is 9.59 Å². The second kappa shape index (κ2) is 7.37. The maximum atomic E-state index is 12.9. The third-order valence-electron chi connectivity index (χ3n) is 5.39. The Hall–Kier alpha value is -2.70. The number of rotatable bonds is 3. The topological polar surface area (TPSA) is 86.8 Å². The molecule has 1 saturated heterocycles. The average Bonchev–Trinajstić information content (AvgIpc) is 2.91. The summed E-state index contributed by atoms with van der Waals surface area (Å²) in [5, 5.41) is 3.03. The predicted molar refractivity (Wildman–Crippen MR) is 104 cm³/mol. The minimum absolute atomic E-state index is 0.00308. The highest BCUT2D eigenvalue weighted by molar-refractivity contribution is 6.22. The Morgan fingerprint density at radius 1 is 1.04 bits per heavy atom. The lowest BCUT2D eigenvalue weighted by Crippen LogP contribution is -2.54. The number of likely N-dealkylation sites (tertiary alicyclic amines) is 1. The third-order valence-corrected chi connectivity index (χ3v) is 5.39. The van der Waals surface area contributed by atoms with Crippen LogP contribution < -0.4 is 5.32 Å². The molecule has 0 aromatic heterocycles. The molecule has 0 saturated carbocycles. The number of fused-ring (bicyclic) bond motifs is 1. The standard InChI is InChI=1S/C21H27N3O4/c1-13(24-18(26)15-7-5-6-8-16(15)19(24)27)17(25)23-11-9-14(10-12-23)22-20(28)21(2,3)4/h5-8,13-14H,9-12H2,1-4H3,(H,22,28). The van der Waals surface area contributed by atoms with Crippen molar-refractivity contribution in [3.63, 3.8) is 0 Å². The Kier molecular flexibility index (Phi) is 5.28. The van der Waals surface area contributed by atoms with Crippen LogP contribution in [0, 0.1) is 5.41 Å². The average molecular weight is 385 g/mol. The monoisotopic (exact) mass is 385 g/mol. The lowest BCUT2D eigenvalue weighted by molar-refractivity contribution is -0.136. The lowest BCUT2D eigenvalue weighted by atomic mass is 9.94. The first kappa shape index (κ1) is 20.0. The van der Waals surface area contributed by atoms with E-state index >= 15 is 0 Å². The molecule has 1 fully saturated rings. The van der Waals surface area contributed by atoms with Gasteiger partial charge < -0.3 is 10.2 Å². The number of hydrogen-bond acceptors (Lipinski definition) is 4. The molecule has 2 heterocycles. The van der Waals surface area contributed by atoms with E-state index in [0.717, 1.165) is 4.90 Å². The molecule has 1 atom stereocenters. The number of benzene rings is 1. The molecule has 0 radical (unpaired) electrons. The van der Waals surface area contributed by atoms with Crippen molar-refractivity contribution in [2.24, 2.45) is 5.41 Å². The summed E-state index contributed by atoms with van der Waals surface area (Å²) in [6.45, 7) is 8.17. The van der Waals surface area contributed by atoms with E-state index in [1.54, 1.807) is 36.1 Å². The van der Waals surface area contributed by atoms with Crippen LogP contribution in [0.3, 0.4) is 0 Å².